The zero-order chi connectivity index (χ0) is 13.2. The molecule has 1 aromatic rings. The monoisotopic (exact) mass is 277 g/mol. The molecule has 1 aromatic heterocycles. The first-order valence-electron chi connectivity index (χ1n) is 5.50. The molecule has 1 rings (SSSR count). The van der Waals surface area contributed by atoms with Crippen LogP contribution < -0.4 is 10.6 Å². The van der Waals surface area contributed by atoms with Gasteiger partial charge in [-0.25, -0.2) is 8.42 Å². The van der Waals surface area contributed by atoms with Crippen LogP contribution >= 0.6 is 11.5 Å². The molecule has 98 valence electrons. The number of nitrogens with zero attached hydrogens (tertiary/aromatic N) is 2. The van der Waals surface area contributed by atoms with Crippen LogP contribution in [0.15, 0.2) is 4.90 Å². The highest BCUT2D eigenvalue weighted by atomic mass is 32.2. The maximum Gasteiger partial charge on any atom is 0.182 e. The van der Waals surface area contributed by atoms with Crippen molar-refractivity contribution in [3.63, 3.8) is 0 Å². The zero-order valence-corrected chi connectivity index (χ0v) is 12.2. The Hall–Kier alpha value is -0.820. The molecule has 0 aliphatic heterocycles. The second-order valence-electron chi connectivity index (χ2n) is 4.26. The maximum absolute atomic E-state index is 11.7. The molecule has 0 unspecified atom stereocenters. The van der Waals surface area contributed by atoms with Gasteiger partial charge in [0.15, 0.2) is 15.7 Å². The second kappa shape index (κ2) is 5.22. The molecule has 0 saturated heterocycles. The van der Waals surface area contributed by atoms with Gasteiger partial charge in [0, 0.05) is 18.8 Å². The minimum Gasteiger partial charge on any atom is -0.382 e. The van der Waals surface area contributed by atoms with Gasteiger partial charge in [-0.3, -0.25) is 0 Å². The van der Waals surface area contributed by atoms with E-state index in [9.17, 15) is 8.42 Å². The van der Waals surface area contributed by atoms with Crippen LogP contribution in [0.3, 0.4) is 0 Å². The quantitative estimate of drug-likeness (QED) is 0.887. The van der Waals surface area contributed by atoms with E-state index in [1.54, 1.807) is 0 Å². The normalized spacial score (nSPS) is 12.1. The summed E-state index contributed by atoms with van der Waals surface area (Å²) in [6.45, 7) is 6.90. The molecule has 0 aliphatic carbocycles. The fourth-order valence-electron chi connectivity index (χ4n) is 1.65. The molecule has 1 heterocycles. The third-order valence-electron chi connectivity index (χ3n) is 2.38. The Morgan fingerprint density at radius 3 is 2.47 bits per heavy atom. The van der Waals surface area contributed by atoms with E-state index in [-0.39, 0.29) is 16.8 Å². The Bertz CT molecular complexity index is 480. The SMILES string of the molecule is CCCN(c1snc(N)c1S(C)(=O)=O)C(C)C. The van der Waals surface area contributed by atoms with Crippen molar-refractivity contribution in [1.82, 2.24) is 4.37 Å². The lowest BCUT2D eigenvalue weighted by Crippen LogP contribution is -2.31. The van der Waals surface area contributed by atoms with Gasteiger partial charge in [-0.2, -0.15) is 4.37 Å². The van der Waals surface area contributed by atoms with Crippen molar-refractivity contribution in [3.05, 3.63) is 0 Å². The number of anilines is 2. The molecule has 2 N–H and O–H groups in total. The molecular weight excluding hydrogens is 258 g/mol. The van der Waals surface area contributed by atoms with Crippen molar-refractivity contribution in [2.24, 2.45) is 0 Å². The molecule has 0 fully saturated rings. The van der Waals surface area contributed by atoms with E-state index in [0.29, 0.717) is 5.00 Å². The van der Waals surface area contributed by atoms with E-state index in [1.165, 1.54) is 6.26 Å². The van der Waals surface area contributed by atoms with Crippen LogP contribution in [0.5, 0.6) is 0 Å². The summed E-state index contributed by atoms with van der Waals surface area (Å²) in [5, 5.41) is 0.654. The van der Waals surface area contributed by atoms with Gasteiger partial charge in [-0.15, -0.1) is 0 Å². The summed E-state index contributed by atoms with van der Waals surface area (Å²) in [5.74, 6) is 0.106. The smallest absolute Gasteiger partial charge is 0.182 e. The predicted molar refractivity (Wildman–Crippen MR) is 72.4 cm³/mol. The number of nitrogens with two attached hydrogens (primary N) is 1. The molecular formula is C10H19N3O2S2. The highest BCUT2D eigenvalue weighted by Crippen LogP contribution is 2.35. The summed E-state index contributed by atoms with van der Waals surface area (Å²) in [4.78, 5) is 2.20. The van der Waals surface area contributed by atoms with E-state index in [2.05, 4.69) is 11.3 Å². The molecule has 0 amide bonds. The summed E-state index contributed by atoms with van der Waals surface area (Å²) >= 11 is 1.15. The van der Waals surface area contributed by atoms with E-state index in [4.69, 9.17) is 5.73 Å². The Morgan fingerprint density at radius 1 is 1.47 bits per heavy atom. The molecule has 5 nitrogen and oxygen atoms in total. The van der Waals surface area contributed by atoms with Crippen LogP contribution in [0.4, 0.5) is 10.8 Å². The van der Waals surface area contributed by atoms with Crippen molar-refractivity contribution in [1.29, 1.82) is 0 Å². The standard InChI is InChI=1S/C10H19N3O2S2/c1-5-6-13(7(2)3)10-8(17(4,14)15)9(11)12-16-10/h7H,5-6H2,1-4H3,(H2,11,12). The number of aromatic nitrogens is 1. The Balaban J connectivity index is 3.30. The van der Waals surface area contributed by atoms with Gasteiger partial charge in [-0.05, 0) is 31.8 Å². The summed E-state index contributed by atoms with van der Waals surface area (Å²) in [6, 6.07) is 0.218. The van der Waals surface area contributed by atoms with Crippen LogP contribution in [-0.2, 0) is 9.84 Å². The number of nitrogen functional groups attached to an aromatic ring is 1. The molecule has 7 heteroatoms. The number of sulfone groups is 1. The molecule has 0 aliphatic rings. The topological polar surface area (TPSA) is 76.3 Å². The van der Waals surface area contributed by atoms with E-state index in [0.717, 1.165) is 24.5 Å². The lowest BCUT2D eigenvalue weighted by atomic mass is 10.3. The van der Waals surface area contributed by atoms with Crippen LogP contribution in [0.25, 0.3) is 0 Å². The fourth-order valence-corrected chi connectivity index (χ4v) is 4.01. The van der Waals surface area contributed by atoms with Gasteiger partial charge in [0.25, 0.3) is 0 Å². The molecule has 0 atom stereocenters. The summed E-state index contributed by atoms with van der Waals surface area (Å²) in [5.41, 5.74) is 5.66. The van der Waals surface area contributed by atoms with Crippen LogP contribution in [0.1, 0.15) is 27.2 Å². The maximum atomic E-state index is 11.7. The third kappa shape index (κ3) is 3.10. The number of hydrogen-bond donors (Lipinski definition) is 1. The molecule has 0 spiro atoms. The summed E-state index contributed by atoms with van der Waals surface area (Å²) in [6.07, 6.45) is 2.11. The average molecular weight is 277 g/mol. The average Bonchev–Trinajstić information content (AvgIpc) is 2.55. The minimum atomic E-state index is -3.34. The third-order valence-corrected chi connectivity index (χ3v) is 4.55. The van der Waals surface area contributed by atoms with Crippen molar-refractivity contribution >= 4 is 32.2 Å². The molecule has 17 heavy (non-hydrogen) atoms. The number of rotatable bonds is 5. The van der Waals surface area contributed by atoms with E-state index < -0.39 is 9.84 Å². The Kier molecular flexibility index (Phi) is 4.37. The predicted octanol–water partition coefficient (Wildman–Crippen LogP) is 1.75. The Morgan fingerprint density at radius 2 is 2.06 bits per heavy atom. The number of hydrogen-bond acceptors (Lipinski definition) is 6. The van der Waals surface area contributed by atoms with Crippen LogP contribution in [0, 0.1) is 0 Å². The summed E-state index contributed by atoms with van der Waals surface area (Å²) in [7, 11) is -3.34. The minimum absolute atomic E-state index is 0.106. The first-order chi connectivity index (χ1) is 7.79. The molecule has 0 bridgehead atoms. The van der Waals surface area contributed by atoms with Gasteiger partial charge in [-0.1, -0.05) is 6.92 Å². The van der Waals surface area contributed by atoms with Crippen molar-refractivity contribution < 1.29 is 8.42 Å². The van der Waals surface area contributed by atoms with Crippen molar-refractivity contribution in [3.8, 4) is 0 Å². The fraction of sp³-hybridized carbons (Fsp3) is 0.700. The highest BCUT2D eigenvalue weighted by Gasteiger charge is 2.26. The van der Waals surface area contributed by atoms with Gasteiger partial charge < -0.3 is 10.6 Å². The highest BCUT2D eigenvalue weighted by molar-refractivity contribution is 7.91. The zero-order valence-electron chi connectivity index (χ0n) is 10.6. The lowest BCUT2D eigenvalue weighted by molar-refractivity contribution is 0.600. The first kappa shape index (κ1) is 14.2. The second-order valence-corrected chi connectivity index (χ2v) is 6.97. The van der Waals surface area contributed by atoms with Crippen LogP contribution in [-0.4, -0.2) is 31.6 Å². The van der Waals surface area contributed by atoms with E-state index in [1.807, 2.05) is 18.7 Å². The van der Waals surface area contributed by atoms with Crippen LogP contribution in [0.2, 0.25) is 0 Å². The van der Waals surface area contributed by atoms with Gasteiger partial charge in [0.05, 0.1) is 0 Å². The summed E-state index contributed by atoms with van der Waals surface area (Å²) < 4.78 is 27.4. The first-order valence-corrected chi connectivity index (χ1v) is 8.17. The lowest BCUT2D eigenvalue weighted by Gasteiger charge is -2.27. The largest absolute Gasteiger partial charge is 0.382 e. The molecule has 0 aromatic carbocycles. The van der Waals surface area contributed by atoms with Gasteiger partial charge >= 0.3 is 0 Å². The van der Waals surface area contributed by atoms with E-state index >= 15 is 0 Å². The van der Waals surface area contributed by atoms with Crippen molar-refractivity contribution in [2.75, 3.05) is 23.4 Å². The molecule has 0 saturated carbocycles. The Labute approximate surface area is 107 Å². The molecule has 0 radical (unpaired) electrons. The van der Waals surface area contributed by atoms with Gasteiger partial charge in [0.2, 0.25) is 0 Å². The van der Waals surface area contributed by atoms with Gasteiger partial charge in [0.1, 0.15) is 9.90 Å². The van der Waals surface area contributed by atoms with Crippen molar-refractivity contribution in [2.45, 2.75) is 38.1 Å².